The van der Waals surface area contributed by atoms with Crippen LogP contribution in [-0.2, 0) is 9.59 Å². The van der Waals surface area contributed by atoms with E-state index in [1.54, 1.807) is 26.4 Å². The molecule has 0 unspecified atom stereocenters. The Morgan fingerprint density at radius 1 is 1.33 bits per heavy atom. The molecule has 1 fully saturated rings. The quantitative estimate of drug-likeness (QED) is 0.583. The summed E-state index contributed by atoms with van der Waals surface area (Å²) in [6.45, 7) is 2.09. The first-order valence-corrected chi connectivity index (χ1v) is 8.09. The molecule has 1 saturated heterocycles. The molecule has 1 N–H and O–H groups in total. The summed E-state index contributed by atoms with van der Waals surface area (Å²) in [4.78, 5) is 25.2. The molecule has 6 nitrogen and oxygen atoms in total. The fourth-order valence-electron chi connectivity index (χ4n) is 2.60. The van der Waals surface area contributed by atoms with Crippen molar-refractivity contribution in [2.45, 2.75) is 19.3 Å². The standard InChI is InChI=1S/C18H24N2O4/c1-23-15-8-6-14(16(13-15)24-2)7-9-17(21)19-10-4-12-20-11-3-5-18(20)22/h6-9,13H,3-5,10-12H2,1-2H3,(H,19,21)/b9-7+. The van der Waals surface area contributed by atoms with Gasteiger partial charge < -0.3 is 19.7 Å². The summed E-state index contributed by atoms with van der Waals surface area (Å²) in [6.07, 6.45) is 5.54. The van der Waals surface area contributed by atoms with Crippen LogP contribution in [0.4, 0.5) is 0 Å². The minimum atomic E-state index is -0.166. The van der Waals surface area contributed by atoms with Gasteiger partial charge in [-0.05, 0) is 31.1 Å². The van der Waals surface area contributed by atoms with E-state index in [4.69, 9.17) is 9.47 Å². The molecular formula is C18H24N2O4. The van der Waals surface area contributed by atoms with Crippen molar-refractivity contribution in [2.24, 2.45) is 0 Å². The third-order valence-corrected chi connectivity index (χ3v) is 3.93. The fourth-order valence-corrected chi connectivity index (χ4v) is 2.60. The lowest BCUT2D eigenvalue weighted by Crippen LogP contribution is -2.29. The summed E-state index contributed by atoms with van der Waals surface area (Å²) >= 11 is 0. The highest BCUT2D eigenvalue weighted by molar-refractivity contribution is 5.92. The maximum absolute atomic E-state index is 11.9. The Morgan fingerprint density at radius 2 is 2.17 bits per heavy atom. The highest BCUT2D eigenvalue weighted by atomic mass is 16.5. The summed E-state index contributed by atoms with van der Waals surface area (Å²) in [5.41, 5.74) is 0.802. The molecule has 6 heteroatoms. The number of benzene rings is 1. The van der Waals surface area contributed by atoms with Gasteiger partial charge in [0.15, 0.2) is 0 Å². The van der Waals surface area contributed by atoms with Crippen molar-refractivity contribution >= 4 is 17.9 Å². The molecule has 1 aliphatic rings. The maximum Gasteiger partial charge on any atom is 0.244 e. The summed E-state index contributed by atoms with van der Waals surface area (Å²) in [5.74, 6) is 1.39. The van der Waals surface area contributed by atoms with E-state index < -0.39 is 0 Å². The smallest absolute Gasteiger partial charge is 0.244 e. The van der Waals surface area contributed by atoms with Crippen molar-refractivity contribution in [2.75, 3.05) is 33.9 Å². The van der Waals surface area contributed by atoms with E-state index in [0.717, 1.165) is 24.9 Å². The molecule has 0 aliphatic carbocycles. The number of methoxy groups -OCH3 is 2. The first-order valence-electron chi connectivity index (χ1n) is 8.09. The van der Waals surface area contributed by atoms with E-state index in [1.165, 1.54) is 6.08 Å². The number of hydrogen-bond acceptors (Lipinski definition) is 4. The number of nitrogens with one attached hydrogen (secondary N) is 1. The summed E-state index contributed by atoms with van der Waals surface area (Å²) in [7, 11) is 3.17. The van der Waals surface area contributed by atoms with Crippen LogP contribution < -0.4 is 14.8 Å². The van der Waals surface area contributed by atoms with Gasteiger partial charge in [-0.1, -0.05) is 0 Å². The Hall–Kier alpha value is -2.50. The first kappa shape index (κ1) is 17.8. The van der Waals surface area contributed by atoms with E-state index in [0.29, 0.717) is 31.0 Å². The zero-order valence-corrected chi connectivity index (χ0v) is 14.2. The van der Waals surface area contributed by atoms with Crippen LogP contribution in [0.3, 0.4) is 0 Å². The summed E-state index contributed by atoms with van der Waals surface area (Å²) in [5, 5.41) is 2.82. The van der Waals surface area contributed by atoms with E-state index in [1.807, 2.05) is 17.0 Å². The molecular weight excluding hydrogens is 308 g/mol. The minimum absolute atomic E-state index is 0.166. The molecule has 130 valence electrons. The predicted octanol–water partition coefficient (Wildman–Crippen LogP) is 1.85. The van der Waals surface area contributed by atoms with E-state index in [2.05, 4.69) is 5.32 Å². The number of carbonyl (C=O) groups is 2. The van der Waals surface area contributed by atoms with Crippen LogP contribution in [0.5, 0.6) is 11.5 Å². The van der Waals surface area contributed by atoms with Crippen molar-refractivity contribution in [1.29, 1.82) is 0 Å². The number of nitrogens with zero attached hydrogens (tertiary/aromatic N) is 1. The first-order chi connectivity index (χ1) is 11.6. The molecule has 0 bridgehead atoms. The van der Waals surface area contributed by atoms with Gasteiger partial charge in [-0.15, -0.1) is 0 Å². The van der Waals surface area contributed by atoms with Gasteiger partial charge in [0, 0.05) is 43.8 Å². The van der Waals surface area contributed by atoms with Gasteiger partial charge in [-0.2, -0.15) is 0 Å². The van der Waals surface area contributed by atoms with Gasteiger partial charge in [0.1, 0.15) is 11.5 Å². The van der Waals surface area contributed by atoms with Crippen LogP contribution in [0, 0.1) is 0 Å². The van der Waals surface area contributed by atoms with Crippen molar-refractivity contribution in [3.63, 3.8) is 0 Å². The third kappa shape index (κ3) is 5.01. The van der Waals surface area contributed by atoms with Crippen LogP contribution in [0.25, 0.3) is 6.08 Å². The van der Waals surface area contributed by atoms with Crippen molar-refractivity contribution < 1.29 is 19.1 Å². The van der Waals surface area contributed by atoms with Crippen LogP contribution >= 0.6 is 0 Å². The van der Waals surface area contributed by atoms with Crippen LogP contribution in [0.15, 0.2) is 24.3 Å². The second-order valence-electron chi connectivity index (χ2n) is 5.57. The minimum Gasteiger partial charge on any atom is -0.497 e. The molecule has 0 saturated carbocycles. The second-order valence-corrected chi connectivity index (χ2v) is 5.57. The highest BCUT2D eigenvalue weighted by Gasteiger charge is 2.18. The molecule has 2 amide bonds. The van der Waals surface area contributed by atoms with Crippen molar-refractivity contribution in [3.8, 4) is 11.5 Å². The van der Waals surface area contributed by atoms with Gasteiger partial charge in [0.25, 0.3) is 0 Å². The average Bonchev–Trinajstić information content (AvgIpc) is 3.01. The monoisotopic (exact) mass is 332 g/mol. The Balaban J connectivity index is 1.77. The molecule has 1 aromatic rings. The molecule has 1 aromatic carbocycles. The Labute approximate surface area is 142 Å². The van der Waals surface area contributed by atoms with Gasteiger partial charge >= 0.3 is 0 Å². The molecule has 0 radical (unpaired) electrons. The fraction of sp³-hybridized carbons (Fsp3) is 0.444. The molecule has 0 aromatic heterocycles. The molecule has 0 atom stereocenters. The summed E-state index contributed by atoms with van der Waals surface area (Å²) in [6, 6.07) is 5.41. The predicted molar refractivity (Wildman–Crippen MR) is 92.0 cm³/mol. The molecule has 1 aliphatic heterocycles. The van der Waals surface area contributed by atoms with E-state index in [-0.39, 0.29) is 11.8 Å². The lowest BCUT2D eigenvalue weighted by atomic mass is 10.1. The SMILES string of the molecule is COc1ccc(/C=C/C(=O)NCCCN2CCCC2=O)c(OC)c1. The van der Waals surface area contributed by atoms with Gasteiger partial charge in [0.05, 0.1) is 14.2 Å². The topological polar surface area (TPSA) is 67.9 Å². The van der Waals surface area contributed by atoms with Crippen LogP contribution in [0.1, 0.15) is 24.8 Å². The second kappa shape index (κ2) is 8.96. The molecule has 2 rings (SSSR count). The number of hydrogen-bond donors (Lipinski definition) is 1. The van der Waals surface area contributed by atoms with E-state index >= 15 is 0 Å². The lowest BCUT2D eigenvalue weighted by molar-refractivity contribution is -0.127. The Kier molecular flexibility index (Phi) is 6.66. The van der Waals surface area contributed by atoms with Crippen molar-refractivity contribution in [3.05, 3.63) is 29.8 Å². The molecule has 1 heterocycles. The van der Waals surface area contributed by atoms with Gasteiger partial charge in [0.2, 0.25) is 11.8 Å². The Morgan fingerprint density at radius 3 is 2.83 bits per heavy atom. The summed E-state index contributed by atoms with van der Waals surface area (Å²) < 4.78 is 10.4. The number of amides is 2. The average molecular weight is 332 g/mol. The number of rotatable bonds is 8. The van der Waals surface area contributed by atoms with Gasteiger partial charge in [-0.3, -0.25) is 9.59 Å². The van der Waals surface area contributed by atoms with Gasteiger partial charge in [-0.25, -0.2) is 0 Å². The number of ether oxygens (including phenoxy) is 2. The molecule has 24 heavy (non-hydrogen) atoms. The zero-order valence-electron chi connectivity index (χ0n) is 14.2. The number of likely N-dealkylation sites (tertiary alicyclic amines) is 1. The zero-order chi connectivity index (χ0) is 17.4. The molecule has 0 spiro atoms. The maximum atomic E-state index is 11.9. The van der Waals surface area contributed by atoms with Crippen LogP contribution in [-0.4, -0.2) is 50.6 Å². The highest BCUT2D eigenvalue weighted by Crippen LogP contribution is 2.25. The van der Waals surface area contributed by atoms with Crippen molar-refractivity contribution in [1.82, 2.24) is 10.2 Å². The van der Waals surface area contributed by atoms with Crippen LogP contribution in [0.2, 0.25) is 0 Å². The lowest BCUT2D eigenvalue weighted by Gasteiger charge is -2.14. The third-order valence-electron chi connectivity index (χ3n) is 3.93. The largest absolute Gasteiger partial charge is 0.497 e. The number of carbonyl (C=O) groups excluding carboxylic acids is 2. The van der Waals surface area contributed by atoms with E-state index in [9.17, 15) is 9.59 Å². The Bertz CT molecular complexity index is 613. The normalized spacial score (nSPS) is 14.2.